The summed E-state index contributed by atoms with van der Waals surface area (Å²) in [5.74, 6) is 0.877. The summed E-state index contributed by atoms with van der Waals surface area (Å²) in [6.45, 7) is 0. The van der Waals surface area contributed by atoms with Crippen LogP contribution in [0.4, 0.5) is 0 Å². The summed E-state index contributed by atoms with van der Waals surface area (Å²) in [6, 6.07) is 0. The summed E-state index contributed by atoms with van der Waals surface area (Å²) >= 11 is 3.56. The predicted molar refractivity (Wildman–Crippen MR) is 52.6 cm³/mol. The highest BCUT2D eigenvalue weighted by molar-refractivity contribution is 9.09. The fourth-order valence-corrected chi connectivity index (χ4v) is 2.52. The molecule has 1 aliphatic rings. The molecule has 5 heteroatoms. The van der Waals surface area contributed by atoms with Crippen molar-refractivity contribution in [2.45, 2.75) is 25.7 Å². The van der Waals surface area contributed by atoms with Gasteiger partial charge in [0.05, 0.1) is 7.05 Å². The lowest BCUT2D eigenvalue weighted by atomic mass is 9.68. The van der Waals surface area contributed by atoms with Crippen molar-refractivity contribution in [1.29, 1.82) is 0 Å². The summed E-state index contributed by atoms with van der Waals surface area (Å²) in [5.41, 5.74) is 0.420. The molecule has 72 valence electrons. The molecule has 1 fully saturated rings. The highest BCUT2D eigenvalue weighted by Crippen LogP contribution is 2.44. The van der Waals surface area contributed by atoms with E-state index < -0.39 is 0 Å². The summed E-state index contributed by atoms with van der Waals surface area (Å²) in [6.07, 6.45) is 4.88. The molecule has 0 aromatic carbocycles. The third-order valence-corrected chi connectivity index (χ3v) is 3.97. The molecule has 0 bridgehead atoms. The fourth-order valence-electron chi connectivity index (χ4n) is 1.76. The molecule has 0 spiro atoms. The Bertz CT molecular complexity index is 287. The number of aromatic nitrogens is 4. The molecule has 1 heterocycles. The molecule has 1 saturated carbocycles. The Morgan fingerprint density at radius 2 is 2.31 bits per heavy atom. The van der Waals surface area contributed by atoms with E-state index in [1.54, 1.807) is 7.05 Å². The van der Waals surface area contributed by atoms with E-state index in [1.807, 2.05) is 0 Å². The van der Waals surface area contributed by atoms with Gasteiger partial charge >= 0.3 is 0 Å². The molecule has 1 aliphatic carbocycles. The van der Waals surface area contributed by atoms with E-state index in [9.17, 15) is 0 Å². The average Bonchev–Trinajstić information content (AvgIpc) is 2.44. The summed E-state index contributed by atoms with van der Waals surface area (Å²) in [7, 11) is 1.80. The molecule has 13 heavy (non-hydrogen) atoms. The SMILES string of the molecule is Cn1nnc(CC2(CBr)CCC2)n1. The minimum Gasteiger partial charge on any atom is -0.167 e. The Labute approximate surface area is 85.8 Å². The average molecular weight is 245 g/mol. The normalized spacial score (nSPS) is 19.8. The molecule has 2 rings (SSSR count). The molecule has 0 unspecified atom stereocenters. The van der Waals surface area contributed by atoms with Gasteiger partial charge in [-0.2, -0.15) is 4.80 Å². The van der Waals surface area contributed by atoms with E-state index in [0.717, 1.165) is 17.6 Å². The Balaban J connectivity index is 2.04. The van der Waals surface area contributed by atoms with E-state index in [-0.39, 0.29) is 0 Å². The van der Waals surface area contributed by atoms with Crippen LogP contribution in [0.2, 0.25) is 0 Å². The number of rotatable bonds is 3. The minimum atomic E-state index is 0.420. The second-order valence-electron chi connectivity index (χ2n) is 3.86. The van der Waals surface area contributed by atoms with Crippen LogP contribution in [-0.4, -0.2) is 25.5 Å². The number of hydrogen-bond acceptors (Lipinski definition) is 3. The van der Waals surface area contributed by atoms with Crippen molar-refractivity contribution in [3.63, 3.8) is 0 Å². The Hall–Kier alpha value is -0.450. The molecule has 1 aromatic heterocycles. The van der Waals surface area contributed by atoms with Crippen LogP contribution in [0.25, 0.3) is 0 Å². The first-order chi connectivity index (χ1) is 6.24. The van der Waals surface area contributed by atoms with Gasteiger partial charge in [0.1, 0.15) is 0 Å². The predicted octanol–water partition coefficient (Wildman–Crippen LogP) is 1.32. The smallest absolute Gasteiger partial charge is 0.167 e. The second-order valence-corrected chi connectivity index (χ2v) is 4.42. The van der Waals surface area contributed by atoms with Gasteiger partial charge in [0.15, 0.2) is 5.82 Å². The highest BCUT2D eigenvalue weighted by Gasteiger charge is 2.37. The van der Waals surface area contributed by atoms with E-state index in [2.05, 4.69) is 31.3 Å². The molecule has 0 atom stereocenters. The quantitative estimate of drug-likeness (QED) is 0.754. The number of tetrazole rings is 1. The van der Waals surface area contributed by atoms with Crippen LogP contribution < -0.4 is 0 Å². The lowest BCUT2D eigenvalue weighted by molar-refractivity contribution is 0.166. The number of hydrogen-bond donors (Lipinski definition) is 0. The van der Waals surface area contributed by atoms with E-state index in [0.29, 0.717) is 5.41 Å². The molecule has 0 saturated heterocycles. The van der Waals surface area contributed by atoms with Gasteiger partial charge in [0.2, 0.25) is 0 Å². The van der Waals surface area contributed by atoms with Crippen molar-refractivity contribution >= 4 is 15.9 Å². The third-order valence-electron chi connectivity index (χ3n) is 2.78. The zero-order valence-electron chi connectivity index (χ0n) is 7.70. The van der Waals surface area contributed by atoms with Crippen LogP contribution in [0.15, 0.2) is 0 Å². The van der Waals surface area contributed by atoms with Crippen LogP contribution in [-0.2, 0) is 13.5 Å². The van der Waals surface area contributed by atoms with Crippen molar-refractivity contribution in [3.05, 3.63) is 5.82 Å². The number of halogens is 1. The third kappa shape index (κ3) is 1.75. The molecule has 0 N–H and O–H groups in total. The van der Waals surface area contributed by atoms with Gasteiger partial charge in [0.25, 0.3) is 0 Å². The van der Waals surface area contributed by atoms with Crippen molar-refractivity contribution in [1.82, 2.24) is 20.2 Å². The largest absolute Gasteiger partial charge is 0.175 e. The van der Waals surface area contributed by atoms with Crippen LogP contribution >= 0.6 is 15.9 Å². The molecular formula is C8H13BrN4. The van der Waals surface area contributed by atoms with Crippen molar-refractivity contribution in [3.8, 4) is 0 Å². The standard InChI is InChI=1S/C8H13BrN4/c1-13-11-7(10-12-13)5-8(6-9)3-2-4-8/h2-6H2,1H3. The maximum absolute atomic E-state index is 4.20. The zero-order valence-corrected chi connectivity index (χ0v) is 9.29. The summed E-state index contributed by atoms with van der Waals surface area (Å²) in [5, 5.41) is 13.1. The van der Waals surface area contributed by atoms with E-state index >= 15 is 0 Å². The number of nitrogens with zero attached hydrogens (tertiary/aromatic N) is 4. The van der Waals surface area contributed by atoms with Crippen LogP contribution in [0, 0.1) is 5.41 Å². The van der Waals surface area contributed by atoms with Crippen LogP contribution in [0.3, 0.4) is 0 Å². The van der Waals surface area contributed by atoms with Crippen LogP contribution in [0.1, 0.15) is 25.1 Å². The monoisotopic (exact) mass is 244 g/mol. The summed E-state index contributed by atoms with van der Waals surface area (Å²) < 4.78 is 0. The second kappa shape index (κ2) is 3.36. The fraction of sp³-hybridized carbons (Fsp3) is 0.875. The van der Waals surface area contributed by atoms with E-state index in [4.69, 9.17) is 0 Å². The molecular weight excluding hydrogens is 232 g/mol. The maximum atomic E-state index is 4.20. The molecule has 0 amide bonds. The highest BCUT2D eigenvalue weighted by atomic mass is 79.9. The topological polar surface area (TPSA) is 43.6 Å². The molecule has 4 nitrogen and oxygen atoms in total. The van der Waals surface area contributed by atoms with Crippen LogP contribution in [0.5, 0.6) is 0 Å². The van der Waals surface area contributed by atoms with Gasteiger partial charge in [-0.3, -0.25) is 0 Å². The first-order valence-electron chi connectivity index (χ1n) is 4.53. The van der Waals surface area contributed by atoms with E-state index in [1.165, 1.54) is 24.1 Å². The molecule has 1 aromatic rings. The van der Waals surface area contributed by atoms with Crippen molar-refractivity contribution in [2.75, 3.05) is 5.33 Å². The number of aryl methyl sites for hydroxylation is 1. The maximum Gasteiger partial charge on any atom is 0.175 e. The van der Waals surface area contributed by atoms with Gasteiger partial charge < -0.3 is 0 Å². The first kappa shape index (κ1) is 9.12. The Kier molecular flexibility index (Phi) is 2.36. The lowest BCUT2D eigenvalue weighted by Crippen LogP contribution is -2.33. The van der Waals surface area contributed by atoms with Gasteiger partial charge in [-0.15, -0.1) is 10.2 Å². The van der Waals surface area contributed by atoms with Gasteiger partial charge in [-0.05, 0) is 23.5 Å². The Morgan fingerprint density at radius 3 is 2.69 bits per heavy atom. The zero-order chi connectivity index (χ0) is 9.31. The van der Waals surface area contributed by atoms with Gasteiger partial charge in [0, 0.05) is 11.8 Å². The summed E-state index contributed by atoms with van der Waals surface area (Å²) in [4.78, 5) is 1.52. The Morgan fingerprint density at radius 1 is 1.54 bits per heavy atom. The molecule has 0 radical (unpaired) electrons. The number of alkyl halides is 1. The van der Waals surface area contributed by atoms with Crippen molar-refractivity contribution in [2.24, 2.45) is 12.5 Å². The lowest BCUT2D eigenvalue weighted by Gasteiger charge is -2.39. The first-order valence-corrected chi connectivity index (χ1v) is 5.65. The van der Waals surface area contributed by atoms with Gasteiger partial charge in [-0.1, -0.05) is 22.4 Å². The minimum absolute atomic E-state index is 0.420. The van der Waals surface area contributed by atoms with Crippen molar-refractivity contribution < 1.29 is 0 Å². The van der Waals surface area contributed by atoms with Gasteiger partial charge in [-0.25, -0.2) is 0 Å². The molecule has 0 aliphatic heterocycles.